The van der Waals surface area contributed by atoms with E-state index >= 15 is 0 Å². The lowest BCUT2D eigenvalue weighted by Crippen LogP contribution is -2.14. The molecule has 2 aromatic carbocycles. The summed E-state index contributed by atoms with van der Waals surface area (Å²) in [5.41, 5.74) is 2.29. The van der Waals surface area contributed by atoms with Crippen LogP contribution in [0.2, 0.25) is 0 Å². The summed E-state index contributed by atoms with van der Waals surface area (Å²) < 4.78 is 27.5. The molecule has 0 aromatic heterocycles. The second kappa shape index (κ2) is 5.94. The van der Waals surface area contributed by atoms with Crippen LogP contribution in [0.4, 0.5) is 8.78 Å². The minimum atomic E-state index is -1.11. The van der Waals surface area contributed by atoms with Crippen molar-refractivity contribution in [3.63, 3.8) is 0 Å². The molecule has 0 bridgehead atoms. The Morgan fingerprint density at radius 3 is 2.52 bits per heavy atom. The van der Waals surface area contributed by atoms with Crippen molar-refractivity contribution in [2.45, 2.75) is 37.7 Å². The van der Waals surface area contributed by atoms with Crippen molar-refractivity contribution in [1.29, 1.82) is 0 Å². The molecule has 0 saturated heterocycles. The van der Waals surface area contributed by atoms with Gasteiger partial charge in [0.2, 0.25) is 0 Å². The summed E-state index contributed by atoms with van der Waals surface area (Å²) in [6.45, 7) is 0. The highest BCUT2D eigenvalue weighted by Crippen LogP contribution is 2.38. The Hall–Kier alpha value is -1.74. The van der Waals surface area contributed by atoms with Crippen LogP contribution in [-0.4, -0.2) is 5.11 Å². The van der Waals surface area contributed by atoms with E-state index in [1.807, 2.05) is 12.1 Å². The Labute approximate surface area is 123 Å². The van der Waals surface area contributed by atoms with Gasteiger partial charge in [-0.15, -0.1) is 0 Å². The third kappa shape index (κ3) is 2.84. The average Bonchev–Trinajstić information content (AvgIpc) is 2.47. The van der Waals surface area contributed by atoms with Crippen LogP contribution in [0.1, 0.15) is 48.0 Å². The Morgan fingerprint density at radius 2 is 1.76 bits per heavy atom. The number of aliphatic hydroxyl groups is 1. The third-order valence-corrected chi connectivity index (χ3v) is 4.33. The molecule has 0 radical (unpaired) electrons. The molecular weight excluding hydrogens is 270 g/mol. The molecule has 3 rings (SSSR count). The summed E-state index contributed by atoms with van der Waals surface area (Å²) in [6, 6.07) is 11.8. The highest BCUT2D eigenvalue weighted by molar-refractivity contribution is 5.33. The molecular formula is C18H18F2O. The van der Waals surface area contributed by atoms with E-state index in [0.717, 1.165) is 19.3 Å². The molecule has 2 unspecified atom stereocenters. The van der Waals surface area contributed by atoms with Gasteiger partial charge in [0.15, 0.2) is 0 Å². The SMILES string of the molecule is OC(CC1CCCc2ccccc21)c1c(F)cccc1F. The molecule has 2 atom stereocenters. The van der Waals surface area contributed by atoms with Gasteiger partial charge in [-0.2, -0.15) is 0 Å². The van der Waals surface area contributed by atoms with E-state index < -0.39 is 17.7 Å². The fourth-order valence-electron chi connectivity index (χ4n) is 3.32. The molecule has 0 amide bonds. The predicted molar refractivity (Wildman–Crippen MR) is 78.1 cm³/mol. The molecule has 21 heavy (non-hydrogen) atoms. The zero-order chi connectivity index (χ0) is 14.8. The molecule has 1 aliphatic rings. The molecule has 110 valence electrons. The molecule has 0 aliphatic heterocycles. The lowest BCUT2D eigenvalue weighted by Gasteiger charge is -2.27. The van der Waals surface area contributed by atoms with E-state index in [9.17, 15) is 13.9 Å². The van der Waals surface area contributed by atoms with Gasteiger partial charge in [-0.1, -0.05) is 30.3 Å². The van der Waals surface area contributed by atoms with Crippen LogP contribution >= 0.6 is 0 Å². The van der Waals surface area contributed by atoms with Gasteiger partial charge in [-0.25, -0.2) is 8.78 Å². The minimum Gasteiger partial charge on any atom is -0.388 e. The first-order valence-corrected chi connectivity index (χ1v) is 7.36. The van der Waals surface area contributed by atoms with Crippen LogP contribution in [0.5, 0.6) is 0 Å². The number of rotatable bonds is 3. The van der Waals surface area contributed by atoms with Gasteiger partial charge in [0.25, 0.3) is 0 Å². The van der Waals surface area contributed by atoms with Gasteiger partial charge < -0.3 is 5.11 Å². The van der Waals surface area contributed by atoms with Gasteiger partial charge in [-0.05, 0) is 54.9 Å². The van der Waals surface area contributed by atoms with E-state index in [0.29, 0.717) is 6.42 Å². The normalized spacial score (nSPS) is 19.1. The molecule has 0 saturated carbocycles. The van der Waals surface area contributed by atoms with Gasteiger partial charge >= 0.3 is 0 Å². The maximum absolute atomic E-state index is 13.8. The number of hydrogen-bond donors (Lipinski definition) is 1. The average molecular weight is 288 g/mol. The number of benzene rings is 2. The fourth-order valence-corrected chi connectivity index (χ4v) is 3.32. The van der Waals surface area contributed by atoms with Crippen molar-refractivity contribution in [3.05, 3.63) is 70.8 Å². The Bertz CT molecular complexity index is 619. The number of fused-ring (bicyclic) bond motifs is 1. The van der Waals surface area contributed by atoms with E-state index in [1.165, 1.54) is 29.3 Å². The van der Waals surface area contributed by atoms with Gasteiger partial charge in [-0.3, -0.25) is 0 Å². The van der Waals surface area contributed by atoms with Crippen molar-refractivity contribution in [3.8, 4) is 0 Å². The smallest absolute Gasteiger partial charge is 0.131 e. The molecule has 1 N–H and O–H groups in total. The second-order valence-corrected chi connectivity index (χ2v) is 5.67. The van der Waals surface area contributed by atoms with Crippen molar-refractivity contribution in [1.82, 2.24) is 0 Å². The first kappa shape index (κ1) is 14.2. The Morgan fingerprint density at radius 1 is 1.05 bits per heavy atom. The summed E-state index contributed by atoms with van der Waals surface area (Å²) in [7, 11) is 0. The van der Waals surface area contributed by atoms with Crippen LogP contribution in [0.15, 0.2) is 42.5 Å². The van der Waals surface area contributed by atoms with E-state index in [-0.39, 0.29) is 11.5 Å². The maximum Gasteiger partial charge on any atom is 0.131 e. The number of aryl methyl sites for hydroxylation is 1. The topological polar surface area (TPSA) is 20.2 Å². The summed E-state index contributed by atoms with van der Waals surface area (Å²) >= 11 is 0. The second-order valence-electron chi connectivity index (χ2n) is 5.67. The van der Waals surface area contributed by atoms with Crippen molar-refractivity contribution in [2.24, 2.45) is 0 Å². The maximum atomic E-state index is 13.8. The summed E-state index contributed by atoms with van der Waals surface area (Å²) in [6.07, 6.45) is 2.28. The van der Waals surface area contributed by atoms with Crippen molar-refractivity contribution >= 4 is 0 Å². The quantitative estimate of drug-likeness (QED) is 0.881. The van der Waals surface area contributed by atoms with Crippen LogP contribution < -0.4 is 0 Å². The highest BCUT2D eigenvalue weighted by Gasteiger charge is 2.26. The first-order valence-electron chi connectivity index (χ1n) is 7.36. The van der Waals surface area contributed by atoms with Gasteiger partial charge in [0.05, 0.1) is 11.7 Å². The molecule has 0 heterocycles. The summed E-state index contributed by atoms with van der Waals surface area (Å²) in [4.78, 5) is 0. The molecule has 1 nitrogen and oxygen atoms in total. The molecule has 0 spiro atoms. The fraction of sp³-hybridized carbons (Fsp3) is 0.333. The van der Waals surface area contributed by atoms with E-state index in [2.05, 4.69) is 12.1 Å². The Balaban J connectivity index is 1.85. The standard InChI is InChI=1S/C18H18F2O/c19-15-9-4-10-16(20)18(15)17(21)11-13-7-3-6-12-5-1-2-8-14(12)13/h1-2,4-5,8-10,13,17,21H,3,6-7,11H2. The largest absolute Gasteiger partial charge is 0.388 e. The van der Waals surface area contributed by atoms with Crippen LogP contribution in [0.3, 0.4) is 0 Å². The molecule has 3 heteroatoms. The summed E-state index contributed by atoms with van der Waals surface area (Å²) in [5, 5.41) is 10.3. The predicted octanol–water partition coefficient (Wildman–Crippen LogP) is 4.51. The summed E-state index contributed by atoms with van der Waals surface area (Å²) in [5.74, 6) is -1.19. The number of aliphatic hydroxyl groups excluding tert-OH is 1. The van der Waals surface area contributed by atoms with Crippen LogP contribution in [0.25, 0.3) is 0 Å². The van der Waals surface area contributed by atoms with Crippen molar-refractivity contribution < 1.29 is 13.9 Å². The zero-order valence-electron chi connectivity index (χ0n) is 11.7. The van der Waals surface area contributed by atoms with E-state index in [1.54, 1.807) is 0 Å². The first-order chi connectivity index (χ1) is 10.2. The Kier molecular flexibility index (Phi) is 4.02. The van der Waals surface area contributed by atoms with Gasteiger partial charge in [0.1, 0.15) is 11.6 Å². The third-order valence-electron chi connectivity index (χ3n) is 4.33. The molecule has 2 aromatic rings. The van der Waals surface area contributed by atoms with Crippen LogP contribution in [0, 0.1) is 11.6 Å². The number of hydrogen-bond acceptors (Lipinski definition) is 1. The number of halogens is 2. The molecule has 0 fully saturated rings. The highest BCUT2D eigenvalue weighted by atomic mass is 19.1. The minimum absolute atomic E-state index is 0.156. The van der Waals surface area contributed by atoms with E-state index in [4.69, 9.17) is 0 Å². The van der Waals surface area contributed by atoms with Gasteiger partial charge in [0, 0.05) is 0 Å². The van der Waals surface area contributed by atoms with Crippen molar-refractivity contribution in [2.75, 3.05) is 0 Å². The lowest BCUT2D eigenvalue weighted by molar-refractivity contribution is 0.145. The van der Waals surface area contributed by atoms with Crippen LogP contribution in [-0.2, 0) is 6.42 Å². The zero-order valence-corrected chi connectivity index (χ0v) is 11.7. The molecule has 1 aliphatic carbocycles. The monoisotopic (exact) mass is 288 g/mol. The lowest BCUT2D eigenvalue weighted by atomic mass is 9.79.